The highest BCUT2D eigenvalue weighted by molar-refractivity contribution is 7.89. The Bertz CT molecular complexity index is 545. The number of nitrogen functional groups attached to an aromatic ring is 1. The van der Waals surface area contributed by atoms with Crippen LogP contribution >= 0.6 is 0 Å². The maximum absolute atomic E-state index is 11.6. The van der Waals surface area contributed by atoms with Gasteiger partial charge in [-0.3, -0.25) is 4.79 Å². The van der Waals surface area contributed by atoms with Crippen molar-refractivity contribution in [2.75, 3.05) is 18.1 Å². The molecule has 1 rings (SSSR count). The molecular formula is C11H17N3O4S. The Balaban J connectivity index is 2.49. The zero-order chi connectivity index (χ0) is 14.5. The van der Waals surface area contributed by atoms with Gasteiger partial charge in [-0.25, -0.2) is 13.1 Å². The summed E-state index contributed by atoms with van der Waals surface area (Å²) in [7, 11) is -3.63. The predicted molar refractivity (Wildman–Crippen MR) is 71.9 cm³/mol. The van der Waals surface area contributed by atoms with Crippen LogP contribution < -0.4 is 20.9 Å². The van der Waals surface area contributed by atoms with Crippen molar-refractivity contribution in [3.63, 3.8) is 0 Å². The van der Waals surface area contributed by atoms with E-state index < -0.39 is 22.0 Å². The molecule has 106 valence electrons. The lowest BCUT2D eigenvalue weighted by atomic mass is 10.3. The molecule has 1 aromatic carbocycles. The summed E-state index contributed by atoms with van der Waals surface area (Å²) in [5, 5.41) is 0. The van der Waals surface area contributed by atoms with Gasteiger partial charge in [-0.2, -0.15) is 0 Å². The number of rotatable bonds is 7. The van der Waals surface area contributed by atoms with Gasteiger partial charge in [0.05, 0.1) is 17.5 Å². The van der Waals surface area contributed by atoms with Crippen molar-refractivity contribution in [1.29, 1.82) is 0 Å². The van der Waals surface area contributed by atoms with E-state index in [0.29, 0.717) is 11.4 Å². The van der Waals surface area contributed by atoms with Gasteiger partial charge in [-0.1, -0.05) is 12.1 Å². The molecule has 0 aliphatic rings. The van der Waals surface area contributed by atoms with Crippen LogP contribution in [0.2, 0.25) is 0 Å². The lowest BCUT2D eigenvalue weighted by Gasteiger charge is -2.12. The maximum Gasteiger partial charge on any atom is 0.235 e. The number of carbonyl (C=O) groups is 1. The summed E-state index contributed by atoms with van der Waals surface area (Å²) < 4.78 is 30.6. The Morgan fingerprint density at radius 1 is 1.42 bits per heavy atom. The first-order chi connectivity index (χ1) is 8.82. The average Bonchev–Trinajstić information content (AvgIpc) is 2.30. The molecule has 0 heterocycles. The zero-order valence-corrected chi connectivity index (χ0v) is 11.3. The molecule has 5 N–H and O–H groups in total. The fourth-order valence-electron chi connectivity index (χ4n) is 1.26. The van der Waals surface area contributed by atoms with Crippen LogP contribution in [0.1, 0.15) is 6.92 Å². The molecule has 0 saturated carbocycles. The van der Waals surface area contributed by atoms with Gasteiger partial charge in [-0.15, -0.1) is 0 Å². The van der Waals surface area contributed by atoms with E-state index in [1.54, 1.807) is 24.3 Å². The molecular weight excluding hydrogens is 270 g/mol. The van der Waals surface area contributed by atoms with E-state index in [1.165, 1.54) is 6.92 Å². The summed E-state index contributed by atoms with van der Waals surface area (Å²) in [6, 6.07) is 5.81. The van der Waals surface area contributed by atoms with Crippen LogP contribution in [0.3, 0.4) is 0 Å². The van der Waals surface area contributed by atoms with Gasteiger partial charge in [0.15, 0.2) is 0 Å². The van der Waals surface area contributed by atoms with Crippen molar-refractivity contribution >= 4 is 21.6 Å². The Morgan fingerprint density at radius 3 is 2.63 bits per heavy atom. The number of sulfonamides is 1. The molecule has 8 heteroatoms. The molecule has 7 nitrogen and oxygen atoms in total. The van der Waals surface area contributed by atoms with Crippen molar-refractivity contribution in [2.45, 2.75) is 13.0 Å². The number of para-hydroxylation sites is 2. The van der Waals surface area contributed by atoms with Gasteiger partial charge < -0.3 is 16.2 Å². The Hall–Kier alpha value is -1.80. The molecule has 1 aromatic rings. The summed E-state index contributed by atoms with van der Waals surface area (Å²) in [6.07, 6.45) is 0. The van der Waals surface area contributed by atoms with E-state index in [9.17, 15) is 13.2 Å². The minimum Gasteiger partial charge on any atom is -0.490 e. The SMILES string of the molecule is CC(NS(=O)(=O)CCOc1ccccc1N)C(N)=O. The fraction of sp³-hybridized carbons (Fsp3) is 0.364. The number of nitrogens with one attached hydrogen (secondary N) is 1. The van der Waals surface area contributed by atoms with Crippen molar-refractivity contribution in [3.8, 4) is 5.75 Å². The van der Waals surface area contributed by atoms with E-state index in [4.69, 9.17) is 16.2 Å². The van der Waals surface area contributed by atoms with E-state index in [-0.39, 0.29) is 12.4 Å². The molecule has 19 heavy (non-hydrogen) atoms. The van der Waals surface area contributed by atoms with Crippen LogP contribution in [-0.4, -0.2) is 32.7 Å². The number of primary amides is 1. The van der Waals surface area contributed by atoms with E-state index in [1.807, 2.05) is 0 Å². The second-order valence-electron chi connectivity index (χ2n) is 3.95. The molecule has 0 aliphatic heterocycles. The van der Waals surface area contributed by atoms with Gasteiger partial charge in [0.1, 0.15) is 12.4 Å². The number of hydrogen-bond acceptors (Lipinski definition) is 5. The average molecular weight is 287 g/mol. The lowest BCUT2D eigenvalue weighted by Crippen LogP contribution is -2.43. The minimum absolute atomic E-state index is 0.0744. The highest BCUT2D eigenvalue weighted by Crippen LogP contribution is 2.19. The van der Waals surface area contributed by atoms with Crippen LogP contribution in [0, 0.1) is 0 Å². The quantitative estimate of drug-likeness (QED) is 0.580. The first-order valence-corrected chi connectivity index (χ1v) is 7.23. The summed E-state index contributed by atoms with van der Waals surface area (Å²) >= 11 is 0. The molecule has 0 aromatic heterocycles. The van der Waals surface area contributed by atoms with Crippen LogP contribution in [-0.2, 0) is 14.8 Å². The van der Waals surface area contributed by atoms with Crippen LogP contribution in [0.4, 0.5) is 5.69 Å². The van der Waals surface area contributed by atoms with Crippen molar-refractivity contribution < 1.29 is 17.9 Å². The fourth-order valence-corrected chi connectivity index (χ4v) is 2.34. The molecule has 1 unspecified atom stereocenters. The third-order valence-electron chi connectivity index (χ3n) is 2.31. The highest BCUT2D eigenvalue weighted by atomic mass is 32.2. The molecule has 0 saturated heterocycles. The first-order valence-electron chi connectivity index (χ1n) is 5.58. The van der Waals surface area contributed by atoms with Crippen LogP contribution in [0.25, 0.3) is 0 Å². The number of ether oxygens (including phenoxy) is 1. The summed E-state index contributed by atoms with van der Waals surface area (Å²) in [6.45, 7) is 1.30. The van der Waals surface area contributed by atoms with E-state index in [2.05, 4.69) is 4.72 Å². The number of hydrogen-bond donors (Lipinski definition) is 3. The molecule has 1 amide bonds. The normalized spacial score (nSPS) is 12.9. The highest BCUT2D eigenvalue weighted by Gasteiger charge is 2.18. The Morgan fingerprint density at radius 2 is 2.05 bits per heavy atom. The standard InChI is InChI=1S/C11H17N3O4S/c1-8(11(13)15)14-19(16,17)7-6-18-10-5-3-2-4-9(10)12/h2-5,8,14H,6-7,12H2,1H3,(H2,13,15). The first kappa shape index (κ1) is 15.3. The number of nitrogens with two attached hydrogens (primary N) is 2. The molecule has 0 fully saturated rings. The van der Waals surface area contributed by atoms with Gasteiger partial charge in [0.25, 0.3) is 0 Å². The third kappa shape index (κ3) is 5.14. The Kier molecular flexibility index (Phi) is 5.13. The van der Waals surface area contributed by atoms with Gasteiger partial charge in [0.2, 0.25) is 15.9 Å². The van der Waals surface area contributed by atoms with Crippen molar-refractivity contribution in [2.24, 2.45) is 5.73 Å². The molecule has 0 spiro atoms. The molecule has 0 radical (unpaired) electrons. The lowest BCUT2D eigenvalue weighted by molar-refractivity contribution is -0.119. The zero-order valence-electron chi connectivity index (χ0n) is 10.5. The smallest absolute Gasteiger partial charge is 0.235 e. The second kappa shape index (κ2) is 6.39. The van der Waals surface area contributed by atoms with E-state index in [0.717, 1.165) is 0 Å². The summed E-state index contributed by atoms with van der Waals surface area (Å²) in [5.41, 5.74) is 11.0. The number of anilines is 1. The predicted octanol–water partition coefficient (Wildman–Crippen LogP) is -0.559. The monoisotopic (exact) mass is 287 g/mol. The van der Waals surface area contributed by atoms with E-state index >= 15 is 0 Å². The van der Waals surface area contributed by atoms with Gasteiger partial charge in [-0.05, 0) is 19.1 Å². The van der Waals surface area contributed by atoms with Gasteiger partial charge >= 0.3 is 0 Å². The molecule has 0 aliphatic carbocycles. The summed E-state index contributed by atoms with van der Waals surface area (Å²) in [4.78, 5) is 10.8. The largest absolute Gasteiger partial charge is 0.490 e. The molecule has 1 atom stereocenters. The van der Waals surface area contributed by atoms with Crippen LogP contribution in [0.5, 0.6) is 5.75 Å². The number of benzene rings is 1. The maximum atomic E-state index is 11.6. The van der Waals surface area contributed by atoms with Gasteiger partial charge in [0, 0.05) is 0 Å². The number of carbonyl (C=O) groups excluding carboxylic acids is 1. The second-order valence-corrected chi connectivity index (χ2v) is 5.82. The van der Waals surface area contributed by atoms with Crippen molar-refractivity contribution in [1.82, 2.24) is 4.72 Å². The van der Waals surface area contributed by atoms with Crippen molar-refractivity contribution in [3.05, 3.63) is 24.3 Å². The Labute approximate surface area is 112 Å². The molecule has 0 bridgehead atoms. The van der Waals surface area contributed by atoms with Crippen LogP contribution in [0.15, 0.2) is 24.3 Å². The number of amides is 1. The topological polar surface area (TPSA) is 125 Å². The summed E-state index contributed by atoms with van der Waals surface area (Å²) in [5.74, 6) is -0.615. The minimum atomic E-state index is -3.63. The third-order valence-corrected chi connectivity index (χ3v) is 3.73.